The van der Waals surface area contributed by atoms with Gasteiger partial charge in [0.15, 0.2) is 11.2 Å². The van der Waals surface area contributed by atoms with Crippen LogP contribution in [-0.4, -0.2) is 33.0 Å². The van der Waals surface area contributed by atoms with Crippen molar-refractivity contribution in [1.29, 1.82) is 0 Å². The Kier molecular flexibility index (Phi) is 5.56. The summed E-state index contributed by atoms with van der Waals surface area (Å²) in [5.74, 6) is 0.262. The molecule has 1 N–H and O–H groups in total. The number of carbonyl (C=O) groups excluding carboxylic acids is 2. The van der Waals surface area contributed by atoms with E-state index in [0.29, 0.717) is 11.0 Å². The number of hydrogen-bond donors (Lipinski definition) is 1. The van der Waals surface area contributed by atoms with E-state index >= 15 is 0 Å². The second-order valence-electron chi connectivity index (χ2n) is 7.92. The molecule has 164 valence electrons. The molecule has 2 aliphatic rings. The molecule has 0 unspecified atom stereocenters. The highest BCUT2D eigenvalue weighted by Crippen LogP contribution is 2.38. The van der Waals surface area contributed by atoms with E-state index in [1.807, 2.05) is 92.7 Å². The maximum atomic E-state index is 13.5. The number of para-hydroxylation sites is 2. The SMILES string of the molecule is Cc1ccccc1NC(=O)[C@@H](C)SC1=Nc2ccccc2C2=N[C@H](c3ccccc3)C(=O)N12. The normalized spacial score (nSPS) is 17.6. The Hall–Kier alpha value is -3.71. The molecule has 0 aliphatic carbocycles. The molecule has 0 radical (unpaired) electrons. The van der Waals surface area contributed by atoms with Crippen molar-refractivity contribution >= 4 is 46.0 Å². The topological polar surface area (TPSA) is 74.1 Å². The van der Waals surface area contributed by atoms with Crippen LogP contribution in [0.25, 0.3) is 0 Å². The smallest absolute Gasteiger partial charge is 0.263 e. The number of aliphatic imine (C=N–C) groups is 2. The minimum absolute atomic E-state index is 0.152. The number of carbonyl (C=O) groups is 2. The van der Waals surface area contributed by atoms with Crippen LogP contribution < -0.4 is 5.32 Å². The fraction of sp³-hybridized carbons (Fsp3) is 0.154. The third-order valence-electron chi connectivity index (χ3n) is 5.64. The molecule has 33 heavy (non-hydrogen) atoms. The number of aryl methyl sites for hydroxylation is 1. The first-order valence-corrected chi connectivity index (χ1v) is 11.6. The zero-order valence-electron chi connectivity index (χ0n) is 18.2. The van der Waals surface area contributed by atoms with Crippen LogP contribution in [0.4, 0.5) is 11.4 Å². The summed E-state index contributed by atoms with van der Waals surface area (Å²) in [6.07, 6.45) is 0. The molecule has 2 amide bonds. The first kappa shape index (κ1) is 21.2. The van der Waals surface area contributed by atoms with Gasteiger partial charge in [-0.25, -0.2) is 14.9 Å². The van der Waals surface area contributed by atoms with Gasteiger partial charge in [-0.05, 0) is 43.2 Å². The van der Waals surface area contributed by atoms with Crippen molar-refractivity contribution in [3.8, 4) is 0 Å². The first-order valence-electron chi connectivity index (χ1n) is 10.7. The van der Waals surface area contributed by atoms with Crippen LogP contribution in [0, 0.1) is 6.92 Å². The Balaban J connectivity index is 1.45. The predicted molar refractivity (Wildman–Crippen MR) is 133 cm³/mol. The summed E-state index contributed by atoms with van der Waals surface area (Å²) < 4.78 is 0. The summed E-state index contributed by atoms with van der Waals surface area (Å²) in [6.45, 7) is 3.76. The monoisotopic (exact) mass is 454 g/mol. The molecule has 3 aromatic carbocycles. The van der Waals surface area contributed by atoms with Gasteiger partial charge in [0.2, 0.25) is 5.91 Å². The lowest BCUT2D eigenvalue weighted by Crippen LogP contribution is -2.41. The van der Waals surface area contributed by atoms with E-state index in [0.717, 1.165) is 28.1 Å². The standard InChI is InChI=1S/C26H22N4O2S/c1-16-10-6-8-14-20(16)27-24(31)17(2)33-26-28-21-15-9-7-13-19(21)23-29-22(25(32)30(23)26)18-11-4-3-5-12-18/h3-15,17,22H,1-2H3,(H,27,31)/t17-,22-/m1/s1. The van der Waals surface area contributed by atoms with Crippen LogP contribution in [0.15, 0.2) is 88.8 Å². The van der Waals surface area contributed by atoms with Crippen LogP contribution in [0.3, 0.4) is 0 Å². The highest BCUT2D eigenvalue weighted by molar-refractivity contribution is 8.15. The summed E-state index contributed by atoms with van der Waals surface area (Å²) in [5.41, 5.74) is 4.14. The number of amides is 2. The van der Waals surface area contributed by atoms with Crippen LogP contribution in [0.5, 0.6) is 0 Å². The second-order valence-corrected chi connectivity index (χ2v) is 9.22. The van der Waals surface area contributed by atoms with Gasteiger partial charge in [-0.1, -0.05) is 72.4 Å². The Morgan fingerprint density at radius 3 is 2.48 bits per heavy atom. The molecule has 7 heteroatoms. The summed E-state index contributed by atoms with van der Waals surface area (Å²) in [7, 11) is 0. The summed E-state index contributed by atoms with van der Waals surface area (Å²) in [6, 6.07) is 24.2. The molecule has 5 rings (SSSR count). The number of amidine groups is 2. The molecule has 0 saturated heterocycles. The third-order valence-corrected chi connectivity index (χ3v) is 6.69. The van der Waals surface area contributed by atoms with Gasteiger partial charge in [0.1, 0.15) is 5.84 Å². The van der Waals surface area contributed by atoms with Gasteiger partial charge in [-0.2, -0.15) is 0 Å². The van der Waals surface area contributed by atoms with Crippen molar-refractivity contribution < 1.29 is 9.59 Å². The maximum absolute atomic E-state index is 13.5. The Morgan fingerprint density at radius 1 is 1.00 bits per heavy atom. The molecule has 0 spiro atoms. The number of thioether (sulfide) groups is 1. The molecular formula is C26H22N4O2S. The van der Waals surface area contributed by atoms with E-state index in [4.69, 9.17) is 9.98 Å². The molecule has 0 fully saturated rings. The first-order chi connectivity index (χ1) is 16.0. The minimum atomic E-state index is -0.630. The van der Waals surface area contributed by atoms with Crippen LogP contribution in [0.2, 0.25) is 0 Å². The number of rotatable bonds is 4. The van der Waals surface area contributed by atoms with E-state index in [1.165, 1.54) is 11.8 Å². The molecule has 0 saturated carbocycles. The average Bonchev–Trinajstić information content (AvgIpc) is 3.19. The molecule has 3 aromatic rings. The molecule has 2 aliphatic heterocycles. The lowest BCUT2D eigenvalue weighted by Gasteiger charge is -2.27. The highest BCUT2D eigenvalue weighted by atomic mass is 32.2. The Bertz CT molecular complexity index is 1300. The van der Waals surface area contributed by atoms with E-state index in [9.17, 15) is 9.59 Å². The zero-order chi connectivity index (χ0) is 22.9. The van der Waals surface area contributed by atoms with E-state index in [1.54, 1.807) is 4.90 Å². The van der Waals surface area contributed by atoms with Gasteiger partial charge in [0, 0.05) is 11.3 Å². The number of fused-ring (bicyclic) bond motifs is 3. The van der Waals surface area contributed by atoms with Crippen molar-refractivity contribution in [2.45, 2.75) is 25.1 Å². The van der Waals surface area contributed by atoms with Gasteiger partial charge in [0.05, 0.1) is 10.9 Å². The number of nitrogens with one attached hydrogen (secondary N) is 1. The van der Waals surface area contributed by atoms with Gasteiger partial charge >= 0.3 is 0 Å². The minimum Gasteiger partial charge on any atom is -0.325 e. The summed E-state index contributed by atoms with van der Waals surface area (Å²) >= 11 is 1.26. The maximum Gasteiger partial charge on any atom is 0.263 e. The molecule has 2 atom stereocenters. The largest absolute Gasteiger partial charge is 0.325 e. The number of anilines is 1. The summed E-state index contributed by atoms with van der Waals surface area (Å²) in [5, 5.41) is 2.96. The van der Waals surface area contributed by atoms with E-state index < -0.39 is 11.3 Å². The third kappa shape index (κ3) is 3.96. The number of hydrogen-bond acceptors (Lipinski definition) is 5. The summed E-state index contributed by atoms with van der Waals surface area (Å²) in [4.78, 5) is 37.5. The lowest BCUT2D eigenvalue weighted by molar-refractivity contribution is -0.124. The van der Waals surface area contributed by atoms with Crippen LogP contribution >= 0.6 is 11.8 Å². The molecule has 6 nitrogen and oxygen atoms in total. The average molecular weight is 455 g/mol. The molecule has 0 aromatic heterocycles. The van der Waals surface area contributed by atoms with E-state index in [-0.39, 0.29) is 11.8 Å². The molecule has 2 heterocycles. The van der Waals surface area contributed by atoms with Crippen LogP contribution in [-0.2, 0) is 9.59 Å². The Labute approximate surface area is 196 Å². The predicted octanol–water partition coefficient (Wildman–Crippen LogP) is 5.09. The zero-order valence-corrected chi connectivity index (χ0v) is 19.0. The molecule has 0 bridgehead atoms. The van der Waals surface area contributed by atoms with Crippen molar-refractivity contribution in [3.05, 3.63) is 95.6 Å². The number of benzene rings is 3. The highest BCUT2D eigenvalue weighted by Gasteiger charge is 2.42. The van der Waals surface area contributed by atoms with Gasteiger partial charge in [-0.3, -0.25) is 9.59 Å². The number of nitrogens with zero attached hydrogens (tertiary/aromatic N) is 3. The quantitative estimate of drug-likeness (QED) is 0.597. The van der Waals surface area contributed by atoms with E-state index in [2.05, 4.69) is 5.32 Å². The van der Waals surface area contributed by atoms with Gasteiger partial charge in [0.25, 0.3) is 5.91 Å². The fourth-order valence-electron chi connectivity index (χ4n) is 3.84. The Morgan fingerprint density at radius 2 is 1.70 bits per heavy atom. The van der Waals surface area contributed by atoms with Crippen molar-refractivity contribution in [1.82, 2.24) is 4.90 Å². The second kappa shape index (κ2) is 8.67. The van der Waals surface area contributed by atoms with Crippen LogP contribution in [0.1, 0.15) is 29.7 Å². The lowest BCUT2D eigenvalue weighted by atomic mass is 10.1. The van der Waals surface area contributed by atoms with Crippen molar-refractivity contribution in [2.24, 2.45) is 9.98 Å². The van der Waals surface area contributed by atoms with Gasteiger partial charge in [-0.15, -0.1) is 0 Å². The fourth-order valence-corrected chi connectivity index (χ4v) is 4.76. The van der Waals surface area contributed by atoms with Crippen molar-refractivity contribution in [2.75, 3.05) is 5.32 Å². The van der Waals surface area contributed by atoms with Gasteiger partial charge < -0.3 is 5.32 Å². The van der Waals surface area contributed by atoms with Crippen molar-refractivity contribution in [3.63, 3.8) is 0 Å². The molecular weight excluding hydrogens is 432 g/mol.